The number of esters is 1. The van der Waals surface area contributed by atoms with Gasteiger partial charge < -0.3 is 14.0 Å². The Morgan fingerprint density at radius 2 is 2.26 bits per heavy atom. The van der Waals surface area contributed by atoms with Crippen molar-refractivity contribution in [3.8, 4) is 6.07 Å². The first-order chi connectivity index (χ1) is 13.0. The van der Waals surface area contributed by atoms with E-state index in [0.717, 1.165) is 11.8 Å². The molecule has 0 atom stereocenters. The van der Waals surface area contributed by atoms with Gasteiger partial charge in [0.1, 0.15) is 18.2 Å². The Morgan fingerprint density at radius 1 is 1.48 bits per heavy atom. The molecular weight excluding hydrogens is 372 g/mol. The molecule has 0 bridgehead atoms. The SMILES string of the molecule is COCCOC(=O)/C(C#N)=C\c1ccc(Sc2nccn2C)c([N+](=O)[O-])c1. The van der Waals surface area contributed by atoms with E-state index in [1.54, 1.807) is 42.2 Å². The Bertz CT molecular complexity index is 916. The Hall–Kier alpha value is -3.16. The van der Waals surface area contributed by atoms with E-state index >= 15 is 0 Å². The summed E-state index contributed by atoms with van der Waals surface area (Å²) in [5, 5.41) is 21.2. The average Bonchev–Trinajstić information content (AvgIpc) is 3.05. The van der Waals surface area contributed by atoms with Crippen molar-refractivity contribution >= 4 is 29.5 Å². The first kappa shape index (κ1) is 20.2. The zero-order valence-electron chi connectivity index (χ0n) is 14.6. The lowest BCUT2D eigenvalue weighted by Crippen LogP contribution is -2.11. The van der Waals surface area contributed by atoms with E-state index in [1.807, 2.05) is 0 Å². The van der Waals surface area contributed by atoms with Crippen molar-refractivity contribution < 1.29 is 19.2 Å². The fraction of sp³-hybridized carbons (Fsp3) is 0.235. The van der Waals surface area contributed by atoms with Gasteiger partial charge in [-0.15, -0.1) is 0 Å². The van der Waals surface area contributed by atoms with E-state index in [9.17, 15) is 14.9 Å². The number of nitriles is 1. The quantitative estimate of drug-likeness (QED) is 0.169. The van der Waals surface area contributed by atoms with Crippen LogP contribution in [0, 0.1) is 21.4 Å². The van der Waals surface area contributed by atoms with Crippen LogP contribution >= 0.6 is 11.8 Å². The molecule has 0 aliphatic carbocycles. The van der Waals surface area contributed by atoms with E-state index < -0.39 is 10.9 Å². The first-order valence-electron chi connectivity index (χ1n) is 7.67. The molecule has 9 nitrogen and oxygen atoms in total. The van der Waals surface area contributed by atoms with Gasteiger partial charge in [-0.25, -0.2) is 9.78 Å². The van der Waals surface area contributed by atoms with Crippen molar-refractivity contribution in [1.82, 2.24) is 9.55 Å². The molecule has 1 aromatic heterocycles. The third kappa shape index (κ3) is 5.40. The fourth-order valence-electron chi connectivity index (χ4n) is 2.00. The van der Waals surface area contributed by atoms with Crippen molar-refractivity contribution in [3.63, 3.8) is 0 Å². The largest absolute Gasteiger partial charge is 0.459 e. The molecule has 1 aromatic carbocycles. The van der Waals surface area contributed by atoms with E-state index in [0.29, 0.717) is 15.6 Å². The van der Waals surface area contributed by atoms with Gasteiger partial charge in [0, 0.05) is 32.6 Å². The summed E-state index contributed by atoms with van der Waals surface area (Å²) < 4.78 is 11.4. The van der Waals surface area contributed by atoms with Crippen LogP contribution in [0.15, 0.2) is 46.2 Å². The van der Waals surface area contributed by atoms with Crippen LogP contribution in [0.25, 0.3) is 6.08 Å². The monoisotopic (exact) mass is 388 g/mol. The van der Waals surface area contributed by atoms with E-state index in [-0.39, 0.29) is 24.5 Å². The third-order valence-electron chi connectivity index (χ3n) is 3.33. The molecule has 0 aliphatic heterocycles. The number of ether oxygens (including phenoxy) is 2. The first-order valence-corrected chi connectivity index (χ1v) is 8.49. The van der Waals surface area contributed by atoms with E-state index in [2.05, 4.69) is 4.98 Å². The van der Waals surface area contributed by atoms with Crippen LogP contribution in [0.2, 0.25) is 0 Å². The number of nitro benzene ring substituents is 1. The second-order valence-corrected chi connectivity index (χ2v) is 6.21. The molecule has 0 saturated heterocycles. The van der Waals surface area contributed by atoms with Crippen molar-refractivity contribution in [3.05, 3.63) is 51.8 Å². The summed E-state index contributed by atoms with van der Waals surface area (Å²) in [5.41, 5.74) is -0.0715. The Kier molecular flexibility index (Phi) is 7.10. The zero-order chi connectivity index (χ0) is 19.8. The number of nitrogens with zero attached hydrogens (tertiary/aromatic N) is 4. The van der Waals surface area contributed by atoms with Gasteiger partial charge in [-0.05, 0) is 29.5 Å². The highest BCUT2D eigenvalue weighted by atomic mass is 32.2. The number of rotatable bonds is 8. The normalized spacial score (nSPS) is 11.1. The van der Waals surface area contributed by atoms with Gasteiger partial charge in [0.15, 0.2) is 5.16 Å². The molecule has 0 N–H and O–H groups in total. The minimum Gasteiger partial charge on any atom is -0.459 e. The number of hydrogen-bond donors (Lipinski definition) is 0. The summed E-state index contributed by atoms with van der Waals surface area (Å²) >= 11 is 1.15. The highest BCUT2D eigenvalue weighted by molar-refractivity contribution is 7.99. The van der Waals surface area contributed by atoms with Gasteiger partial charge in [0.25, 0.3) is 5.69 Å². The topological polar surface area (TPSA) is 120 Å². The zero-order valence-corrected chi connectivity index (χ0v) is 15.4. The molecule has 0 spiro atoms. The smallest absolute Gasteiger partial charge is 0.348 e. The molecule has 0 saturated carbocycles. The van der Waals surface area contributed by atoms with Crippen LogP contribution in [-0.4, -0.2) is 40.8 Å². The molecule has 2 aromatic rings. The van der Waals surface area contributed by atoms with Crippen LogP contribution in [0.3, 0.4) is 0 Å². The molecular formula is C17H16N4O5S. The predicted octanol–water partition coefficient (Wildman–Crippen LogP) is 2.58. The Balaban J connectivity index is 2.28. The van der Waals surface area contributed by atoms with E-state index in [4.69, 9.17) is 14.7 Å². The lowest BCUT2D eigenvalue weighted by Gasteiger charge is -2.05. The number of imidazole rings is 1. The second kappa shape index (κ2) is 9.51. The Labute approximate surface area is 159 Å². The number of aryl methyl sites for hydroxylation is 1. The summed E-state index contributed by atoms with van der Waals surface area (Å²) in [7, 11) is 3.24. The molecule has 0 radical (unpaired) electrons. The number of nitro groups is 1. The summed E-state index contributed by atoms with van der Waals surface area (Å²) in [5.74, 6) is -0.816. The number of carbonyl (C=O) groups excluding carboxylic acids is 1. The van der Waals surface area contributed by atoms with Crippen molar-refractivity contribution in [2.75, 3.05) is 20.3 Å². The molecule has 0 amide bonds. The summed E-state index contributed by atoms with van der Waals surface area (Å²) in [6.45, 7) is 0.211. The van der Waals surface area contributed by atoms with Gasteiger partial charge in [-0.1, -0.05) is 6.07 Å². The number of carbonyl (C=O) groups is 1. The molecule has 1 heterocycles. The van der Waals surface area contributed by atoms with Crippen molar-refractivity contribution in [2.45, 2.75) is 10.1 Å². The number of aromatic nitrogens is 2. The summed E-state index contributed by atoms with van der Waals surface area (Å²) in [4.78, 5) is 27.3. The molecule has 0 fully saturated rings. The molecule has 140 valence electrons. The van der Waals surface area contributed by atoms with Gasteiger partial charge in [0.2, 0.25) is 0 Å². The standard InChI is InChI=1S/C17H16N4O5S/c1-20-6-5-19-17(20)27-15-4-3-12(10-14(15)21(23)24)9-13(11-18)16(22)26-8-7-25-2/h3-6,9-10H,7-8H2,1-2H3/b13-9-. The summed E-state index contributed by atoms with van der Waals surface area (Å²) in [6, 6.07) is 6.17. The van der Waals surface area contributed by atoms with Gasteiger partial charge in [-0.2, -0.15) is 5.26 Å². The van der Waals surface area contributed by atoms with Crippen LogP contribution in [0.4, 0.5) is 5.69 Å². The summed E-state index contributed by atoms with van der Waals surface area (Å²) in [6.07, 6.45) is 4.58. The maximum Gasteiger partial charge on any atom is 0.348 e. The minimum atomic E-state index is -0.816. The molecule has 10 heteroatoms. The second-order valence-electron chi connectivity index (χ2n) is 5.21. The molecule has 27 heavy (non-hydrogen) atoms. The molecule has 2 rings (SSSR count). The lowest BCUT2D eigenvalue weighted by atomic mass is 10.1. The van der Waals surface area contributed by atoms with Crippen molar-refractivity contribution in [2.24, 2.45) is 7.05 Å². The van der Waals surface area contributed by atoms with Gasteiger partial charge in [0.05, 0.1) is 16.4 Å². The van der Waals surface area contributed by atoms with Crippen LogP contribution in [-0.2, 0) is 21.3 Å². The number of benzene rings is 1. The number of methoxy groups -OCH3 is 1. The van der Waals surface area contributed by atoms with Crippen LogP contribution in [0.1, 0.15) is 5.56 Å². The number of hydrogen-bond acceptors (Lipinski definition) is 8. The van der Waals surface area contributed by atoms with Gasteiger partial charge >= 0.3 is 5.97 Å². The van der Waals surface area contributed by atoms with Crippen LogP contribution < -0.4 is 0 Å². The maximum absolute atomic E-state index is 11.9. The third-order valence-corrected chi connectivity index (χ3v) is 4.47. The Morgan fingerprint density at radius 3 is 2.85 bits per heavy atom. The lowest BCUT2D eigenvalue weighted by molar-refractivity contribution is -0.387. The fourth-order valence-corrected chi connectivity index (χ4v) is 2.89. The predicted molar refractivity (Wildman–Crippen MR) is 96.9 cm³/mol. The minimum absolute atomic E-state index is 0.00768. The average molecular weight is 388 g/mol. The molecule has 0 unspecified atom stereocenters. The highest BCUT2D eigenvalue weighted by Crippen LogP contribution is 2.34. The highest BCUT2D eigenvalue weighted by Gasteiger charge is 2.18. The van der Waals surface area contributed by atoms with Gasteiger partial charge in [-0.3, -0.25) is 10.1 Å². The van der Waals surface area contributed by atoms with Crippen molar-refractivity contribution in [1.29, 1.82) is 5.26 Å². The van der Waals surface area contributed by atoms with E-state index in [1.165, 1.54) is 19.3 Å². The maximum atomic E-state index is 11.9. The van der Waals surface area contributed by atoms with Crippen LogP contribution in [0.5, 0.6) is 0 Å². The molecule has 0 aliphatic rings.